The molecule has 1 N–H and O–H groups in total. The predicted molar refractivity (Wildman–Crippen MR) is 73.9 cm³/mol. The van der Waals surface area contributed by atoms with Crippen molar-refractivity contribution in [1.82, 2.24) is 10.2 Å². The van der Waals surface area contributed by atoms with Gasteiger partial charge in [-0.05, 0) is 32.9 Å². The Labute approximate surface area is 114 Å². The first-order valence-corrected chi connectivity index (χ1v) is 6.59. The molecule has 0 atom stereocenters. The van der Waals surface area contributed by atoms with Crippen LogP contribution in [0.5, 0.6) is 0 Å². The molecule has 0 aromatic carbocycles. The molecule has 0 saturated heterocycles. The lowest BCUT2D eigenvalue weighted by molar-refractivity contribution is -0.132. The highest BCUT2D eigenvalue weighted by Crippen LogP contribution is 2.11. The topological polar surface area (TPSA) is 54.7 Å². The van der Waals surface area contributed by atoms with Crippen LogP contribution in [-0.4, -0.2) is 43.7 Å². The zero-order chi connectivity index (χ0) is 14.3. The third-order valence-corrected chi connectivity index (χ3v) is 2.83. The fourth-order valence-electron chi connectivity index (χ4n) is 1.77. The number of furan rings is 1. The van der Waals surface area contributed by atoms with Crippen LogP contribution in [0.25, 0.3) is 0 Å². The lowest BCUT2D eigenvalue weighted by Gasteiger charge is -2.26. The summed E-state index contributed by atoms with van der Waals surface area (Å²) in [5.74, 6) is 1.75. The van der Waals surface area contributed by atoms with Gasteiger partial charge in [-0.1, -0.05) is 0 Å². The van der Waals surface area contributed by atoms with Crippen molar-refractivity contribution in [2.24, 2.45) is 0 Å². The van der Waals surface area contributed by atoms with E-state index in [4.69, 9.17) is 9.15 Å². The van der Waals surface area contributed by atoms with Gasteiger partial charge >= 0.3 is 0 Å². The molecule has 19 heavy (non-hydrogen) atoms. The van der Waals surface area contributed by atoms with Crippen molar-refractivity contribution in [2.45, 2.75) is 33.4 Å². The maximum absolute atomic E-state index is 12.1. The van der Waals surface area contributed by atoms with Gasteiger partial charge < -0.3 is 19.4 Å². The van der Waals surface area contributed by atoms with Gasteiger partial charge in [-0.3, -0.25) is 4.79 Å². The third-order valence-electron chi connectivity index (χ3n) is 2.83. The van der Waals surface area contributed by atoms with Gasteiger partial charge in [0.2, 0.25) is 5.91 Å². The van der Waals surface area contributed by atoms with Crippen LogP contribution in [0.3, 0.4) is 0 Å². The summed E-state index contributed by atoms with van der Waals surface area (Å²) in [5.41, 5.74) is 0. The van der Waals surface area contributed by atoms with Gasteiger partial charge in [-0.2, -0.15) is 0 Å². The standard InChI is InChI=1S/C14H24N2O3/c1-11(2)16(10-13-6-5-12(3)19-13)14(17)9-15-7-8-18-4/h5-6,11,15H,7-10H2,1-4H3. The molecular weight excluding hydrogens is 244 g/mol. The Balaban J connectivity index is 2.49. The Bertz CT molecular complexity index is 388. The average molecular weight is 268 g/mol. The number of carbonyl (C=O) groups excluding carboxylic acids is 1. The summed E-state index contributed by atoms with van der Waals surface area (Å²) in [5, 5.41) is 3.07. The molecule has 0 radical (unpaired) electrons. The molecule has 1 aromatic heterocycles. The first-order chi connectivity index (χ1) is 9.04. The van der Waals surface area contributed by atoms with Crippen LogP contribution >= 0.6 is 0 Å². The molecule has 1 aromatic rings. The van der Waals surface area contributed by atoms with Crippen LogP contribution in [0, 0.1) is 6.92 Å². The van der Waals surface area contributed by atoms with E-state index in [1.807, 2.05) is 32.9 Å². The van der Waals surface area contributed by atoms with Gasteiger partial charge in [0, 0.05) is 19.7 Å². The largest absolute Gasteiger partial charge is 0.464 e. The van der Waals surface area contributed by atoms with Crippen molar-refractivity contribution < 1.29 is 13.9 Å². The van der Waals surface area contributed by atoms with E-state index in [1.54, 1.807) is 12.0 Å². The van der Waals surface area contributed by atoms with E-state index in [1.165, 1.54) is 0 Å². The van der Waals surface area contributed by atoms with Gasteiger partial charge in [0.15, 0.2) is 0 Å². The van der Waals surface area contributed by atoms with Crippen molar-refractivity contribution in [3.63, 3.8) is 0 Å². The smallest absolute Gasteiger partial charge is 0.237 e. The Kier molecular flexibility index (Phi) is 6.59. The van der Waals surface area contributed by atoms with Crippen molar-refractivity contribution in [3.8, 4) is 0 Å². The molecule has 0 aliphatic rings. The van der Waals surface area contributed by atoms with Crippen molar-refractivity contribution in [3.05, 3.63) is 23.7 Å². The molecule has 0 fully saturated rings. The molecule has 0 spiro atoms. The number of methoxy groups -OCH3 is 1. The molecule has 108 valence electrons. The number of rotatable bonds is 8. The minimum Gasteiger partial charge on any atom is -0.464 e. The number of hydrogen-bond acceptors (Lipinski definition) is 4. The summed E-state index contributed by atoms with van der Waals surface area (Å²) in [6.07, 6.45) is 0. The highest BCUT2D eigenvalue weighted by molar-refractivity contribution is 5.78. The molecule has 5 heteroatoms. The minimum atomic E-state index is 0.0696. The zero-order valence-corrected chi connectivity index (χ0v) is 12.2. The number of ether oxygens (including phenoxy) is 1. The average Bonchev–Trinajstić information content (AvgIpc) is 2.77. The van der Waals surface area contributed by atoms with Gasteiger partial charge in [-0.25, -0.2) is 0 Å². The first kappa shape index (κ1) is 15.7. The van der Waals surface area contributed by atoms with Crippen LogP contribution < -0.4 is 5.32 Å². The molecule has 1 rings (SSSR count). The summed E-state index contributed by atoms with van der Waals surface area (Å²) in [6.45, 7) is 8.01. The SMILES string of the molecule is COCCNCC(=O)N(Cc1ccc(C)o1)C(C)C. The van der Waals surface area contributed by atoms with Crippen LogP contribution in [0.15, 0.2) is 16.5 Å². The predicted octanol–water partition coefficient (Wildman–Crippen LogP) is 1.56. The fourth-order valence-corrected chi connectivity index (χ4v) is 1.77. The van der Waals surface area contributed by atoms with E-state index < -0.39 is 0 Å². The lowest BCUT2D eigenvalue weighted by atomic mass is 10.3. The zero-order valence-electron chi connectivity index (χ0n) is 12.2. The Morgan fingerprint density at radius 2 is 2.21 bits per heavy atom. The summed E-state index contributed by atoms with van der Waals surface area (Å²) in [4.78, 5) is 13.9. The summed E-state index contributed by atoms with van der Waals surface area (Å²) >= 11 is 0. The molecular formula is C14H24N2O3. The lowest BCUT2D eigenvalue weighted by Crippen LogP contribution is -2.42. The van der Waals surface area contributed by atoms with Crippen LogP contribution in [-0.2, 0) is 16.1 Å². The van der Waals surface area contributed by atoms with E-state index in [2.05, 4.69) is 5.32 Å². The van der Waals surface area contributed by atoms with Crippen LogP contribution in [0.1, 0.15) is 25.4 Å². The normalized spacial score (nSPS) is 11.0. The van der Waals surface area contributed by atoms with Gasteiger partial charge in [-0.15, -0.1) is 0 Å². The molecule has 0 aliphatic heterocycles. The van der Waals surface area contributed by atoms with Crippen molar-refractivity contribution >= 4 is 5.91 Å². The maximum atomic E-state index is 12.1. The summed E-state index contributed by atoms with van der Waals surface area (Å²) in [6, 6.07) is 3.97. The summed E-state index contributed by atoms with van der Waals surface area (Å²) in [7, 11) is 1.64. The number of aryl methyl sites for hydroxylation is 1. The fraction of sp³-hybridized carbons (Fsp3) is 0.643. The highest BCUT2D eigenvalue weighted by Gasteiger charge is 2.18. The second-order valence-electron chi connectivity index (χ2n) is 4.80. The number of hydrogen-bond donors (Lipinski definition) is 1. The van der Waals surface area contributed by atoms with Crippen molar-refractivity contribution in [2.75, 3.05) is 26.8 Å². The van der Waals surface area contributed by atoms with E-state index in [9.17, 15) is 4.79 Å². The Morgan fingerprint density at radius 1 is 1.47 bits per heavy atom. The molecule has 0 bridgehead atoms. The second kappa shape index (κ2) is 7.96. The van der Waals surface area contributed by atoms with E-state index in [-0.39, 0.29) is 11.9 Å². The molecule has 0 aliphatic carbocycles. The minimum absolute atomic E-state index is 0.0696. The van der Waals surface area contributed by atoms with Crippen LogP contribution in [0.4, 0.5) is 0 Å². The molecule has 0 saturated carbocycles. The maximum Gasteiger partial charge on any atom is 0.237 e. The van der Waals surface area contributed by atoms with Crippen molar-refractivity contribution in [1.29, 1.82) is 0 Å². The van der Waals surface area contributed by atoms with Gasteiger partial charge in [0.05, 0.1) is 19.7 Å². The number of amides is 1. The molecule has 0 unspecified atom stereocenters. The molecule has 5 nitrogen and oxygen atoms in total. The molecule has 1 amide bonds. The van der Waals surface area contributed by atoms with Gasteiger partial charge in [0.25, 0.3) is 0 Å². The van der Waals surface area contributed by atoms with E-state index in [0.29, 0.717) is 26.2 Å². The van der Waals surface area contributed by atoms with Gasteiger partial charge in [0.1, 0.15) is 11.5 Å². The Morgan fingerprint density at radius 3 is 2.74 bits per heavy atom. The number of nitrogens with zero attached hydrogens (tertiary/aromatic N) is 1. The first-order valence-electron chi connectivity index (χ1n) is 6.59. The van der Waals surface area contributed by atoms with E-state index in [0.717, 1.165) is 11.5 Å². The molecule has 1 heterocycles. The number of carbonyl (C=O) groups is 1. The Hall–Kier alpha value is -1.33. The number of nitrogens with one attached hydrogen (secondary N) is 1. The quantitative estimate of drug-likeness (QED) is 0.727. The third kappa shape index (κ3) is 5.44. The van der Waals surface area contributed by atoms with Crippen LogP contribution in [0.2, 0.25) is 0 Å². The summed E-state index contributed by atoms with van der Waals surface area (Å²) < 4.78 is 10.5. The monoisotopic (exact) mass is 268 g/mol. The van der Waals surface area contributed by atoms with E-state index >= 15 is 0 Å². The second-order valence-corrected chi connectivity index (χ2v) is 4.80. The highest BCUT2D eigenvalue weighted by atomic mass is 16.5.